The highest BCUT2D eigenvalue weighted by Crippen LogP contribution is 2.31. The van der Waals surface area contributed by atoms with E-state index in [9.17, 15) is 9.59 Å². The van der Waals surface area contributed by atoms with Gasteiger partial charge in [0.1, 0.15) is 0 Å². The lowest BCUT2D eigenvalue weighted by Crippen LogP contribution is -2.29. The number of rotatable bonds is 4. The molecule has 1 amide bonds. The van der Waals surface area contributed by atoms with Crippen molar-refractivity contribution in [3.05, 3.63) is 22.4 Å². The maximum Gasteiger partial charge on any atom is 0.306 e. The van der Waals surface area contributed by atoms with Crippen LogP contribution in [-0.2, 0) is 16.1 Å². The highest BCUT2D eigenvalue weighted by molar-refractivity contribution is 7.07. The normalized spacial score (nSPS) is 23.5. The van der Waals surface area contributed by atoms with Crippen molar-refractivity contribution in [3.63, 3.8) is 0 Å². The predicted octanol–water partition coefficient (Wildman–Crippen LogP) is 1.87. The predicted molar refractivity (Wildman–Crippen MR) is 64.6 cm³/mol. The molecule has 1 aliphatic rings. The van der Waals surface area contributed by atoms with Crippen LogP contribution in [-0.4, -0.2) is 17.0 Å². The van der Waals surface area contributed by atoms with Crippen LogP contribution in [0.4, 0.5) is 0 Å². The van der Waals surface area contributed by atoms with Crippen molar-refractivity contribution in [1.82, 2.24) is 5.32 Å². The van der Waals surface area contributed by atoms with Crippen LogP contribution in [0.5, 0.6) is 0 Å². The molecular formula is C12H15NO3S. The molecule has 0 radical (unpaired) electrons. The van der Waals surface area contributed by atoms with Gasteiger partial charge in [-0.1, -0.05) is 0 Å². The third-order valence-corrected chi connectivity index (χ3v) is 3.93. The van der Waals surface area contributed by atoms with Gasteiger partial charge >= 0.3 is 5.97 Å². The van der Waals surface area contributed by atoms with Gasteiger partial charge in [-0.15, -0.1) is 0 Å². The second-order valence-electron chi connectivity index (χ2n) is 4.39. The minimum Gasteiger partial charge on any atom is -0.481 e. The molecule has 0 aliphatic heterocycles. The number of carboxylic acid groups (broad SMARTS) is 1. The molecule has 2 rings (SSSR count). The fraction of sp³-hybridized carbons (Fsp3) is 0.500. The van der Waals surface area contributed by atoms with Crippen molar-refractivity contribution >= 4 is 23.2 Å². The SMILES string of the molecule is O=C(O)C1CCC(C(=O)NCc2ccsc2)C1. The lowest BCUT2D eigenvalue weighted by atomic mass is 10.0. The minimum atomic E-state index is -0.780. The third-order valence-electron chi connectivity index (χ3n) is 3.20. The molecule has 1 aromatic heterocycles. The molecule has 17 heavy (non-hydrogen) atoms. The monoisotopic (exact) mass is 253 g/mol. The summed E-state index contributed by atoms with van der Waals surface area (Å²) in [7, 11) is 0. The number of thiophene rings is 1. The van der Waals surface area contributed by atoms with Gasteiger partial charge in [-0.25, -0.2) is 0 Å². The average Bonchev–Trinajstić information content (AvgIpc) is 2.96. The number of nitrogens with one attached hydrogen (secondary N) is 1. The average molecular weight is 253 g/mol. The van der Waals surface area contributed by atoms with Crippen LogP contribution in [0.2, 0.25) is 0 Å². The summed E-state index contributed by atoms with van der Waals surface area (Å²) >= 11 is 1.60. The summed E-state index contributed by atoms with van der Waals surface area (Å²) in [6, 6.07) is 1.97. The first kappa shape index (κ1) is 12.1. The Morgan fingerprint density at radius 2 is 2.18 bits per heavy atom. The number of carbonyl (C=O) groups excluding carboxylic acids is 1. The zero-order chi connectivity index (χ0) is 12.3. The van der Waals surface area contributed by atoms with Crippen LogP contribution < -0.4 is 5.32 Å². The van der Waals surface area contributed by atoms with Gasteiger partial charge in [0.25, 0.3) is 0 Å². The summed E-state index contributed by atoms with van der Waals surface area (Å²) in [6.07, 6.45) is 1.78. The molecule has 1 heterocycles. The standard InChI is InChI=1S/C12H15NO3S/c14-11(13-6-8-3-4-17-7-8)9-1-2-10(5-9)12(15)16/h3-4,7,9-10H,1-2,5-6H2,(H,13,14)(H,15,16). The highest BCUT2D eigenvalue weighted by atomic mass is 32.1. The molecule has 1 aliphatic carbocycles. The van der Waals surface area contributed by atoms with Gasteiger partial charge in [-0.05, 0) is 41.7 Å². The van der Waals surface area contributed by atoms with Gasteiger partial charge in [0.05, 0.1) is 5.92 Å². The van der Waals surface area contributed by atoms with E-state index in [1.807, 2.05) is 16.8 Å². The highest BCUT2D eigenvalue weighted by Gasteiger charge is 2.33. The number of carbonyl (C=O) groups is 2. The van der Waals surface area contributed by atoms with E-state index in [4.69, 9.17) is 5.11 Å². The van der Waals surface area contributed by atoms with E-state index in [0.29, 0.717) is 25.8 Å². The minimum absolute atomic E-state index is 0.0139. The molecule has 2 atom stereocenters. The maximum atomic E-state index is 11.8. The molecule has 2 N–H and O–H groups in total. The fourth-order valence-corrected chi connectivity index (χ4v) is 2.84. The van der Waals surface area contributed by atoms with Crippen molar-refractivity contribution in [3.8, 4) is 0 Å². The van der Waals surface area contributed by atoms with Gasteiger partial charge in [0.15, 0.2) is 0 Å². The molecule has 1 saturated carbocycles. The van der Waals surface area contributed by atoms with E-state index in [0.717, 1.165) is 5.56 Å². The molecule has 0 saturated heterocycles. The Bertz CT molecular complexity index is 402. The summed E-state index contributed by atoms with van der Waals surface area (Å²) in [5.74, 6) is -1.26. The molecule has 0 bridgehead atoms. The van der Waals surface area contributed by atoms with Gasteiger partial charge in [0.2, 0.25) is 5.91 Å². The molecule has 0 spiro atoms. The number of hydrogen-bond donors (Lipinski definition) is 2. The van der Waals surface area contributed by atoms with Crippen molar-refractivity contribution < 1.29 is 14.7 Å². The Hall–Kier alpha value is -1.36. The summed E-state index contributed by atoms with van der Waals surface area (Å²) in [4.78, 5) is 22.6. The summed E-state index contributed by atoms with van der Waals surface area (Å²) in [6.45, 7) is 0.538. The van der Waals surface area contributed by atoms with Gasteiger partial charge in [-0.2, -0.15) is 11.3 Å². The molecule has 1 fully saturated rings. The van der Waals surface area contributed by atoms with Crippen LogP contribution in [0.15, 0.2) is 16.8 Å². The van der Waals surface area contributed by atoms with Crippen LogP contribution in [0.1, 0.15) is 24.8 Å². The second-order valence-corrected chi connectivity index (χ2v) is 5.17. The van der Waals surface area contributed by atoms with E-state index in [-0.39, 0.29) is 17.7 Å². The summed E-state index contributed by atoms with van der Waals surface area (Å²) < 4.78 is 0. The third kappa shape index (κ3) is 3.06. The van der Waals surface area contributed by atoms with E-state index in [1.165, 1.54) is 0 Å². The van der Waals surface area contributed by atoms with Crippen LogP contribution >= 0.6 is 11.3 Å². The zero-order valence-corrected chi connectivity index (χ0v) is 10.2. The van der Waals surface area contributed by atoms with Crippen molar-refractivity contribution in [2.45, 2.75) is 25.8 Å². The number of carboxylic acids is 1. The Balaban J connectivity index is 1.79. The first-order chi connectivity index (χ1) is 8.16. The van der Waals surface area contributed by atoms with Crippen molar-refractivity contribution in [2.24, 2.45) is 11.8 Å². The quantitative estimate of drug-likeness (QED) is 0.860. The zero-order valence-electron chi connectivity index (χ0n) is 9.39. The summed E-state index contributed by atoms with van der Waals surface area (Å²) in [5.41, 5.74) is 1.09. The topological polar surface area (TPSA) is 66.4 Å². The smallest absolute Gasteiger partial charge is 0.306 e. The number of amides is 1. The Morgan fingerprint density at radius 1 is 1.41 bits per heavy atom. The Morgan fingerprint density at radius 3 is 2.76 bits per heavy atom. The fourth-order valence-electron chi connectivity index (χ4n) is 2.17. The summed E-state index contributed by atoms with van der Waals surface area (Å²) in [5, 5.41) is 15.7. The van der Waals surface area contributed by atoms with E-state index >= 15 is 0 Å². The van der Waals surface area contributed by atoms with Crippen LogP contribution in [0, 0.1) is 11.8 Å². The molecule has 0 aromatic carbocycles. The Labute approximate surface area is 104 Å². The lowest BCUT2D eigenvalue weighted by Gasteiger charge is -2.09. The molecule has 2 unspecified atom stereocenters. The molecular weight excluding hydrogens is 238 g/mol. The lowest BCUT2D eigenvalue weighted by molar-refractivity contribution is -0.141. The second kappa shape index (κ2) is 5.31. The van der Waals surface area contributed by atoms with E-state index < -0.39 is 5.97 Å². The van der Waals surface area contributed by atoms with E-state index in [2.05, 4.69) is 5.32 Å². The van der Waals surface area contributed by atoms with Crippen LogP contribution in [0.25, 0.3) is 0 Å². The number of aliphatic carboxylic acids is 1. The van der Waals surface area contributed by atoms with Crippen LogP contribution in [0.3, 0.4) is 0 Å². The molecule has 92 valence electrons. The van der Waals surface area contributed by atoms with Gasteiger partial charge < -0.3 is 10.4 Å². The number of hydrogen-bond acceptors (Lipinski definition) is 3. The van der Waals surface area contributed by atoms with Crippen molar-refractivity contribution in [1.29, 1.82) is 0 Å². The molecule has 1 aromatic rings. The van der Waals surface area contributed by atoms with E-state index in [1.54, 1.807) is 11.3 Å². The first-order valence-corrected chi connectivity index (χ1v) is 6.62. The maximum absolute atomic E-state index is 11.8. The van der Waals surface area contributed by atoms with Crippen molar-refractivity contribution in [2.75, 3.05) is 0 Å². The van der Waals surface area contributed by atoms with Gasteiger partial charge in [0, 0.05) is 12.5 Å². The Kier molecular flexibility index (Phi) is 3.78. The largest absolute Gasteiger partial charge is 0.481 e. The molecule has 5 heteroatoms. The first-order valence-electron chi connectivity index (χ1n) is 5.68. The van der Waals surface area contributed by atoms with Gasteiger partial charge in [-0.3, -0.25) is 9.59 Å². The molecule has 4 nitrogen and oxygen atoms in total.